The maximum absolute atomic E-state index is 11.6. The van der Waals surface area contributed by atoms with Crippen molar-refractivity contribution in [2.75, 3.05) is 25.1 Å². The van der Waals surface area contributed by atoms with Gasteiger partial charge >= 0.3 is 11.8 Å². The van der Waals surface area contributed by atoms with Gasteiger partial charge in [0, 0.05) is 19.8 Å². The van der Waals surface area contributed by atoms with E-state index in [1.165, 1.54) is 12.1 Å². The number of hydrogen-bond donors (Lipinski definition) is 3. The van der Waals surface area contributed by atoms with Crippen molar-refractivity contribution >= 4 is 17.5 Å². The predicted octanol–water partition coefficient (Wildman–Crippen LogP) is 1.65. The van der Waals surface area contributed by atoms with Crippen molar-refractivity contribution in [3.63, 3.8) is 0 Å². The molecule has 1 rings (SSSR count). The third kappa shape index (κ3) is 6.76. The molecule has 21 heavy (non-hydrogen) atoms. The van der Waals surface area contributed by atoms with Crippen LogP contribution in [0.3, 0.4) is 0 Å². The number of benzene rings is 1. The van der Waals surface area contributed by atoms with E-state index in [-0.39, 0.29) is 11.4 Å². The monoisotopic (exact) mass is 294 g/mol. The molecule has 0 bridgehead atoms. The first-order chi connectivity index (χ1) is 10.1. The van der Waals surface area contributed by atoms with Gasteiger partial charge in [0.1, 0.15) is 5.75 Å². The SMILES string of the molecule is CCCCOCCCNC(=O)C(=O)Nc1ccccc1O. The van der Waals surface area contributed by atoms with E-state index in [0.717, 1.165) is 19.4 Å². The lowest BCUT2D eigenvalue weighted by molar-refractivity contribution is -0.136. The first kappa shape index (κ1) is 17.0. The fourth-order valence-corrected chi connectivity index (χ4v) is 1.56. The van der Waals surface area contributed by atoms with E-state index in [2.05, 4.69) is 17.6 Å². The van der Waals surface area contributed by atoms with Crippen LogP contribution in [0.2, 0.25) is 0 Å². The second-order valence-electron chi connectivity index (χ2n) is 4.55. The number of rotatable bonds is 8. The summed E-state index contributed by atoms with van der Waals surface area (Å²) in [5.74, 6) is -1.61. The number of ether oxygens (including phenoxy) is 1. The summed E-state index contributed by atoms with van der Waals surface area (Å²) in [5.41, 5.74) is 0.209. The van der Waals surface area contributed by atoms with Crippen LogP contribution >= 0.6 is 0 Å². The van der Waals surface area contributed by atoms with E-state index < -0.39 is 11.8 Å². The fourth-order valence-electron chi connectivity index (χ4n) is 1.56. The molecule has 116 valence electrons. The summed E-state index contributed by atoms with van der Waals surface area (Å²) in [6.45, 7) is 3.74. The Morgan fingerprint density at radius 2 is 1.86 bits per heavy atom. The number of phenolic OH excluding ortho intramolecular Hbond substituents is 1. The molecule has 0 saturated heterocycles. The van der Waals surface area contributed by atoms with Gasteiger partial charge < -0.3 is 20.5 Å². The van der Waals surface area contributed by atoms with Crippen molar-refractivity contribution in [1.29, 1.82) is 0 Å². The standard InChI is InChI=1S/C15H22N2O4/c1-2-3-10-21-11-6-9-16-14(19)15(20)17-12-7-4-5-8-13(12)18/h4-5,7-8,18H,2-3,6,9-11H2,1H3,(H,16,19)(H,17,20). The zero-order valence-corrected chi connectivity index (χ0v) is 12.2. The van der Waals surface area contributed by atoms with Crippen LogP contribution in [0.4, 0.5) is 5.69 Å². The van der Waals surface area contributed by atoms with Crippen LogP contribution in [-0.4, -0.2) is 36.7 Å². The molecule has 0 saturated carbocycles. The van der Waals surface area contributed by atoms with Gasteiger partial charge in [0.15, 0.2) is 0 Å². The van der Waals surface area contributed by atoms with Gasteiger partial charge in [0.05, 0.1) is 5.69 Å². The summed E-state index contributed by atoms with van der Waals surface area (Å²) < 4.78 is 5.34. The maximum atomic E-state index is 11.6. The summed E-state index contributed by atoms with van der Waals surface area (Å²) in [6.07, 6.45) is 2.76. The molecule has 0 spiro atoms. The minimum Gasteiger partial charge on any atom is -0.506 e. The molecule has 3 N–H and O–H groups in total. The van der Waals surface area contributed by atoms with Crippen molar-refractivity contribution in [3.05, 3.63) is 24.3 Å². The number of carbonyl (C=O) groups is 2. The van der Waals surface area contributed by atoms with Gasteiger partial charge in [-0.2, -0.15) is 0 Å². The quantitative estimate of drug-likeness (QED) is 0.386. The highest BCUT2D eigenvalue weighted by molar-refractivity contribution is 6.39. The first-order valence-corrected chi connectivity index (χ1v) is 7.10. The van der Waals surface area contributed by atoms with Gasteiger partial charge in [0.25, 0.3) is 0 Å². The Balaban J connectivity index is 2.20. The molecule has 0 heterocycles. The number of nitrogens with one attached hydrogen (secondary N) is 2. The summed E-state index contributed by atoms with van der Waals surface area (Å²) in [6, 6.07) is 6.23. The Morgan fingerprint density at radius 1 is 1.14 bits per heavy atom. The van der Waals surface area contributed by atoms with Crippen LogP contribution in [0.25, 0.3) is 0 Å². The van der Waals surface area contributed by atoms with E-state index in [1.807, 2.05) is 0 Å². The molecule has 0 radical (unpaired) electrons. The molecular weight excluding hydrogens is 272 g/mol. The van der Waals surface area contributed by atoms with Crippen LogP contribution in [0.5, 0.6) is 5.75 Å². The summed E-state index contributed by atoms with van der Waals surface area (Å²) in [7, 11) is 0. The highest BCUT2D eigenvalue weighted by Crippen LogP contribution is 2.21. The Bertz CT molecular complexity index is 463. The largest absolute Gasteiger partial charge is 0.506 e. The predicted molar refractivity (Wildman–Crippen MR) is 80.1 cm³/mol. The molecule has 6 nitrogen and oxygen atoms in total. The Morgan fingerprint density at radius 3 is 2.57 bits per heavy atom. The maximum Gasteiger partial charge on any atom is 0.313 e. The molecule has 0 aliphatic carbocycles. The van der Waals surface area contributed by atoms with Gasteiger partial charge in [-0.15, -0.1) is 0 Å². The van der Waals surface area contributed by atoms with Gasteiger partial charge in [-0.1, -0.05) is 25.5 Å². The normalized spacial score (nSPS) is 10.1. The van der Waals surface area contributed by atoms with E-state index in [0.29, 0.717) is 19.6 Å². The minimum atomic E-state index is -0.802. The third-order valence-corrected chi connectivity index (χ3v) is 2.75. The number of unbranched alkanes of at least 4 members (excludes halogenated alkanes) is 1. The lowest BCUT2D eigenvalue weighted by atomic mass is 10.3. The highest BCUT2D eigenvalue weighted by Gasteiger charge is 2.14. The molecule has 2 amide bonds. The number of anilines is 1. The number of carbonyl (C=O) groups excluding carboxylic acids is 2. The van der Waals surface area contributed by atoms with Gasteiger partial charge in [-0.3, -0.25) is 9.59 Å². The van der Waals surface area contributed by atoms with Crippen LogP contribution < -0.4 is 10.6 Å². The first-order valence-electron chi connectivity index (χ1n) is 7.10. The fraction of sp³-hybridized carbons (Fsp3) is 0.467. The van der Waals surface area contributed by atoms with E-state index in [9.17, 15) is 14.7 Å². The van der Waals surface area contributed by atoms with Crippen molar-refractivity contribution < 1.29 is 19.4 Å². The van der Waals surface area contributed by atoms with E-state index >= 15 is 0 Å². The molecular formula is C15H22N2O4. The molecule has 6 heteroatoms. The number of hydrogen-bond acceptors (Lipinski definition) is 4. The molecule has 0 aliphatic heterocycles. The average Bonchev–Trinajstić information content (AvgIpc) is 2.48. The highest BCUT2D eigenvalue weighted by atomic mass is 16.5. The van der Waals surface area contributed by atoms with Crippen molar-refractivity contribution in [2.24, 2.45) is 0 Å². The van der Waals surface area contributed by atoms with E-state index in [4.69, 9.17) is 4.74 Å². The Kier molecular flexibility index (Phi) is 7.89. The summed E-state index contributed by atoms with van der Waals surface area (Å²) in [5, 5.41) is 14.3. The molecule has 1 aromatic carbocycles. The number of amides is 2. The van der Waals surface area contributed by atoms with Crippen molar-refractivity contribution in [1.82, 2.24) is 5.32 Å². The molecule has 0 aliphatic rings. The van der Waals surface area contributed by atoms with Crippen LogP contribution in [0.1, 0.15) is 26.2 Å². The molecule has 1 aromatic rings. The van der Waals surface area contributed by atoms with E-state index in [1.54, 1.807) is 12.1 Å². The Labute approximate surface area is 124 Å². The van der Waals surface area contributed by atoms with Crippen LogP contribution in [0, 0.1) is 0 Å². The zero-order valence-electron chi connectivity index (χ0n) is 12.2. The second-order valence-corrected chi connectivity index (χ2v) is 4.55. The average molecular weight is 294 g/mol. The zero-order chi connectivity index (χ0) is 15.5. The van der Waals surface area contributed by atoms with Crippen molar-refractivity contribution in [3.8, 4) is 5.75 Å². The summed E-state index contributed by atoms with van der Waals surface area (Å²) in [4.78, 5) is 23.2. The molecule has 0 unspecified atom stereocenters. The third-order valence-electron chi connectivity index (χ3n) is 2.75. The second kappa shape index (κ2) is 9.77. The van der Waals surface area contributed by atoms with Crippen LogP contribution in [0.15, 0.2) is 24.3 Å². The number of phenols is 1. The lowest BCUT2D eigenvalue weighted by Crippen LogP contribution is -2.36. The summed E-state index contributed by atoms with van der Waals surface area (Å²) >= 11 is 0. The minimum absolute atomic E-state index is 0.0806. The lowest BCUT2D eigenvalue weighted by Gasteiger charge is -2.08. The van der Waals surface area contributed by atoms with Crippen LogP contribution in [-0.2, 0) is 14.3 Å². The topological polar surface area (TPSA) is 87.7 Å². The molecule has 0 fully saturated rings. The van der Waals surface area contributed by atoms with Gasteiger partial charge in [-0.05, 0) is 25.0 Å². The van der Waals surface area contributed by atoms with Gasteiger partial charge in [0.2, 0.25) is 0 Å². The smallest absolute Gasteiger partial charge is 0.313 e. The van der Waals surface area contributed by atoms with Crippen molar-refractivity contribution in [2.45, 2.75) is 26.2 Å². The van der Waals surface area contributed by atoms with Gasteiger partial charge in [-0.25, -0.2) is 0 Å². The number of aromatic hydroxyl groups is 1. The Hall–Kier alpha value is -2.08. The molecule has 0 atom stereocenters. The number of para-hydroxylation sites is 2. The molecule has 0 aromatic heterocycles.